The number of hydrogen-bond donors (Lipinski definition) is 1. The Kier molecular flexibility index (Phi) is 2.80. The predicted molar refractivity (Wildman–Crippen MR) is 79.7 cm³/mol. The van der Waals surface area contributed by atoms with E-state index in [4.69, 9.17) is 0 Å². The van der Waals surface area contributed by atoms with Crippen molar-refractivity contribution in [3.05, 3.63) is 57.9 Å². The van der Waals surface area contributed by atoms with Crippen LogP contribution in [0.15, 0.2) is 35.4 Å². The van der Waals surface area contributed by atoms with Crippen LogP contribution in [0, 0.1) is 5.82 Å². The minimum absolute atomic E-state index is 0.119. The van der Waals surface area contributed by atoms with Crippen molar-refractivity contribution in [2.24, 2.45) is 7.05 Å². The fourth-order valence-electron chi connectivity index (χ4n) is 2.99. The molecule has 0 fully saturated rings. The first-order chi connectivity index (χ1) is 11.1. The number of anilines is 1. The third-order valence-electron chi connectivity index (χ3n) is 4.10. The lowest BCUT2D eigenvalue weighted by molar-refractivity contribution is -0.116. The number of rotatable bonds is 1. The quantitative estimate of drug-likeness (QED) is 0.728. The molecule has 1 aliphatic rings. The number of aromatic nitrogens is 4. The topological polar surface area (TPSA) is 81.3 Å². The van der Waals surface area contributed by atoms with Crippen molar-refractivity contribution in [2.75, 3.05) is 5.32 Å². The summed E-state index contributed by atoms with van der Waals surface area (Å²) in [4.78, 5) is 28.9. The number of hydrogen-bond acceptors (Lipinski definition) is 4. The van der Waals surface area contributed by atoms with Gasteiger partial charge in [0.05, 0.1) is 5.56 Å². The zero-order valence-corrected chi connectivity index (χ0v) is 12.2. The van der Waals surface area contributed by atoms with Crippen molar-refractivity contribution in [1.82, 2.24) is 19.2 Å². The summed E-state index contributed by atoms with van der Waals surface area (Å²) in [7, 11) is 1.60. The first-order valence-electron chi connectivity index (χ1n) is 7.04. The van der Waals surface area contributed by atoms with Crippen LogP contribution in [0.3, 0.4) is 0 Å². The maximum absolute atomic E-state index is 13.2. The average molecular weight is 313 g/mol. The van der Waals surface area contributed by atoms with Gasteiger partial charge in [0.2, 0.25) is 11.7 Å². The van der Waals surface area contributed by atoms with Gasteiger partial charge in [-0.2, -0.15) is 14.6 Å². The molecule has 23 heavy (non-hydrogen) atoms. The second kappa shape index (κ2) is 4.73. The summed E-state index contributed by atoms with van der Waals surface area (Å²) in [6, 6.07) is 5.82. The number of carbonyl (C=O) groups is 1. The molecule has 2 aromatic heterocycles. The summed E-state index contributed by atoms with van der Waals surface area (Å²) < 4.78 is 16.0. The summed E-state index contributed by atoms with van der Waals surface area (Å²) in [5, 5.41) is 6.78. The molecule has 1 N–H and O–H groups in total. The Morgan fingerprint density at radius 1 is 1.26 bits per heavy atom. The molecule has 1 atom stereocenters. The fourth-order valence-corrected chi connectivity index (χ4v) is 2.99. The summed E-state index contributed by atoms with van der Waals surface area (Å²) in [6.45, 7) is 0. The molecular weight excluding hydrogens is 301 g/mol. The van der Waals surface area contributed by atoms with E-state index in [9.17, 15) is 14.0 Å². The first-order valence-corrected chi connectivity index (χ1v) is 7.04. The third kappa shape index (κ3) is 1.95. The molecule has 1 aromatic carbocycles. The van der Waals surface area contributed by atoms with Crippen molar-refractivity contribution in [3.63, 3.8) is 0 Å². The van der Waals surface area contributed by atoms with Crippen LogP contribution in [0.25, 0.3) is 5.78 Å². The smallest absolute Gasteiger partial charge is 0.260 e. The van der Waals surface area contributed by atoms with Crippen molar-refractivity contribution in [3.8, 4) is 0 Å². The summed E-state index contributed by atoms with van der Waals surface area (Å²) in [6.07, 6.45) is 1.44. The van der Waals surface area contributed by atoms with E-state index in [2.05, 4.69) is 15.4 Å². The number of amides is 1. The van der Waals surface area contributed by atoms with Crippen molar-refractivity contribution < 1.29 is 9.18 Å². The van der Waals surface area contributed by atoms with E-state index < -0.39 is 5.92 Å². The second-order valence-corrected chi connectivity index (χ2v) is 5.45. The van der Waals surface area contributed by atoms with Gasteiger partial charge in [-0.3, -0.25) is 14.2 Å². The van der Waals surface area contributed by atoms with Crippen LogP contribution >= 0.6 is 0 Å². The second-order valence-electron chi connectivity index (χ2n) is 5.45. The Labute approximate surface area is 129 Å². The zero-order chi connectivity index (χ0) is 16.1. The number of aryl methyl sites for hydroxylation is 1. The van der Waals surface area contributed by atoms with Gasteiger partial charge in [-0.1, -0.05) is 12.1 Å². The van der Waals surface area contributed by atoms with Crippen LogP contribution in [0.5, 0.6) is 0 Å². The summed E-state index contributed by atoms with van der Waals surface area (Å²) in [5.74, 6) is -0.377. The van der Waals surface area contributed by atoms with Gasteiger partial charge >= 0.3 is 0 Å². The molecule has 0 spiro atoms. The van der Waals surface area contributed by atoms with E-state index >= 15 is 0 Å². The van der Waals surface area contributed by atoms with Gasteiger partial charge in [-0.15, -0.1) is 0 Å². The van der Waals surface area contributed by atoms with Gasteiger partial charge in [-0.25, -0.2) is 4.39 Å². The van der Waals surface area contributed by atoms with Crippen LogP contribution < -0.4 is 10.9 Å². The molecule has 3 aromatic rings. The normalized spacial score (nSPS) is 17.1. The molecule has 0 saturated carbocycles. The Bertz CT molecular complexity index is 990. The summed E-state index contributed by atoms with van der Waals surface area (Å²) >= 11 is 0. The molecular formula is C15H12FN5O2. The monoisotopic (exact) mass is 313 g/mol. The van der Waals surface area contributed by atoms with Crippen LogP contribution in [0.1, 0.15) is 23.5 Å². The highest BCUT2D eigenvalue weighted by Crippen LogP contribution is 2.34. The molecule has 4 rings (SSSR count). The van der Waals surface area contributed by atoms with E-state index in [0.717, 1.165) is 0 Å². The van der Waals surface area contributed by atoms with Crippen molar-refractivity contribution in [1.29, 1.82) is 0 Å². The highest BCUT2D eigenvalue weighted by atomic mass is 19.1. The molecule has 1 unspecified atom stereocenters. The van der Waals surface area contributed by atoms with Gasteiger partial charge in [0.1, 0.15) is 18.0 Å². The molecule has 0 aliphatic carbocycles. The number of halogens is 1. The van der Waals surface area contributed by atoms with Crippen LogP contribution in [0.4, 0.5) is 10.2 Å². The van der Waals surface area contributed by atoms with Crippen molar-refractivity contribution in [2.45, 2.75) is 12.3 Å². The van der Waals surface area contributed by atoms with Gasteiger partial charge in [-0.05, 0) is 17.7 Å². The predicted octanol–water partition coefficient (Wildman–Crippen LogP) is 1.04. The Morgan fingerprint density at radius 2 is 2.00 bits per heavy atom. The molecule has 7 nitrogen and oxygen atoms in total. The standard InChI is InChI=1S/C15H12FN5O2/c1-20-14(23)12-10(8-2-4-9(16)5-3-8)6-11(22)19-13(12)21-15(20)17-7-18-21/h2-5,7,10H,6H2,1H3,(H,19,22). The number of fused-ring (bicyclic) bond motifs is 3. The molecule has 1 amide bonds. The lowest BCUT2D eigenvalue weighted by atomic mass is 9.87. The number of benzene rings is 1. The number of nitrogens with zero attached hydrogens (tertiary/aromatic N) is 4. The molecule has 0 saturated heterocycles. The van der Waals surface area contributed by atoms with E-state index in [0.29, 0.717) is 22.7 Å². The number of nitrogens with one attached hydrogen (secondary N) is 1. The number of carbonyl (C=O) groups excluding carboxylic acids is 1. The Balaban J connectivity index is 2.03. The summed E-state index contributed by atoms with van der Waals surface area (Å²) in [5.41, 5.74) is 0.880. The largest absolute Gasteiger partial charge is 0.310 e. The van der Waals surface area contributed by atoms with Gasteiger partial charge < -0.3 is 5.32 Å². The highest BCUT2D eigenvalue weighted by Gasteiger charge is 2.32. The van der Waals surface area contributed by atoms with Crippen molar-refractivity contribution >= 4 is 17.5 Å². The Hall–Kier alpha value is -3.03. The molecule has 8 heteroatoms. The maximum Gasteiger partial charge on any atom is 0.260 e. The molecule has 116 valence electrons. The fraction of sp³-hybridized carbons (Fsp3) is 0.200. The van der Waals surface area contributed by atoms with E-state index in [1.807, 2.05) is 0 Å². The molecule has 3 heterocycles. The van der Waals surface area contributed by atoms with Gasteiger partial charge in [0, 0.05) is 19.4 Å². The SMILES string of the molecule is Cn1c(=O)c2c(n3ncnc13)NC(=O)CC2c1ccc(F)cc1. The average Bonchev–Trinajstić information content (AvgIpc) is 3.02. The zero-order valence-electron chi connectivity index (χ0n) is 12.2. The van der Waals surface area contributed by atoms with Crippen LogP contribution in [-0.4, -0.2) is 25.1 Å². The minimum atomic E-state index is -0.452. The maximum atomic E-state index is 13.2. The molecule has 0 radical (unpaired) electrons. The molecule has 1 aliphatic heterocycles. The Morgan fingerprint density at radius 3 is 2.74 bits per heavy atom. The highest BCUT2D eigenvalue weighted by molar-refractivity contribution is 5.94. The van der Waals surface area contributed by atoms with E-state index in [-0.39, 0.29) is 23.7 Å². The van der Waals surface area contributed by atoms with E-state index in [1.165, 1.54) is 27.5 Å². The van der Waals surface area contributed by atoms with Crippen LogP contribution in [0.2, 0.25) is 0 Å². The lowest BCUT2D eigenvalue weighted by Gasteiger charge is -2.26. The lowest BCUT2D eigenvalue weighted by Crippen LogP contribution is -2.35. The first kappa shape index (κ1) is 13.6. The van der Waals surface area contributed by atoms with E-state index in [1.54, 1.807) is 19.2 Å². The third-order valence-corrected chi connectivity index (χ3v) is 4.10. The van der Waals surface area contributed by atoms with Gasteiger partial charge in [0.25, 0.3) is 5.56 Å². The minimum Gasteiger partial charge on any atom is -0.310 e. The van der Waals surface area contributed by atoms with Gasteiger partial charge in [0.15, 0.2) is 0 Å². The molecule has 0 bridgehead atoms. The van der Waals surface area contributed by atoms with Crippen LogP contribution in [-0.2, 0) is 11.8 Å².